The lowest BCUT2D eigenvalue weighted by Gasteiger charge is -2.07. The Bertz CT molecular complexity index is 601. The molecule has 2 rings (SSSR count). The molecular weight excluding hydrogens is 381 g/mol. The van der Waals surface area contributed by atoms with Gasteiger partial charge in [0.05, 0.1) is 4.92 Å². The molecule has 0 amide bonds. The van der Waals surface area contributed by atoms with Crippen molar-refractivity contribution in [1.29, 1.82) is 0 Å². The molecular formula is C13H9ClINO3. The third kappa shape index (κ3) is 3.57. The van der Waals surface area contributed by atoms with Crippen molar-refractivity contribution in [3.8, 4) is 11.5 Å². The molecule has 6 heteroatoms. The Hall–Kier alpha value is -1.34. The fourth-order valence-corrected chi connectivity index (χ4v) is 2.03. The second-order valence-corrected chi connectivity index (χ2v) is 5.26. The maximum absolute atomic E-state index is 11.0. The van der Waals surface area contributed by atoms with E-state index in [1.54, 1.807) is 24.3 Å². The number of nitro groups is 1. The number of hydrogen-bond acceptors (Lipinski definition) is 3. The predicted octanol–water partition coefficient (Wildman–Crippen LogP) is 4.73. The number of hydrogen-bond donors (Lipinski definition) is 0. The number of halogens is 2. The fraction of sp³-hybridized carbons (Fsp3) is 0.0769. The van der Waals surface area contributed by atoms with Crippen molar-refractivity contribution in [3.05, 3.63) is 61.7 Å². The van der Waals surface area contributed by atoms with Gasteiger partial charge in [-0.05, 0) is 58.5 Å². The predicted molar refractivity (Wildman–Crippen MR) is 81.9 cm³/mol. The van der Waals surface area contributed by atoms with Crippen LogP contribution in [-0.4, -0.2) is 4.92 Å². The highest BCUT2D eigenvalue weighted by Crippen LogP contribution is 2.32. The normalized spacial score (nSPS) is 10.2. The average Bonchev–Trinajstić information content (AvgIpc) is 2.41. The largest absolute Gasteiger partial charge is 0.450 e. The lowest BCUT2D eigenvalue weighted by Crippen LogP contribution is -1.94. The maximum Gasteiger partial charge on any atom is 0.311 e. The van der Waals surface area contributed by atoms with E-state index in [-0.39, 0.29) is 17.3 Å². The van der Waals surface area contributed by atoms with E-state index in [0.717, 1.165) is 3.57 Å². The van der Waals surface area contributed by atoms with Gasteiger partial charge in [-0.2, -0.15) is 0 Å². The quantitative estimate of drug-likeness (QED) is 0.329. The van der Waals surface area contributed by atoms with E-state index < -0.39 is 4.92 Å². The first-order valence-corrected chi connectivity index (χ1v) is 6.98. The van der Waals surface area contributed by atoms with Crippen LogP contribution in [0.4, 0.5) is 5.69 Å². The van der Waals surface area contributed by atoms with Crippen molar-refractivity contribution < 1.29 is 9.66 Å². The lowest BCUT2D eigenvalue weighted by atomic mass is 10.2. The molecule has 0 bridgehead atoms. The van der Waals surface area contributed by atoms with Gasteiger partial charge < -0.3 is 4.74 Å². The summed E-state index contributed by atoms with van der Waals surface area (Å²) in [6.07, 6.45) is 0. The van der Waals surface area contributed by atoms with Crippen LogP contribution in [0.15, 0.2) is 42.5 Å². The van der Waals surface area contributed by atoms with Gasteiger partial charge in [-0.25, -0.2) is 0 Å². The van der Waals surface area contributed by atoms with Crippen molar-refractivity contribution in [3.63, 3.8) is 0 Å². The van der Waals surface area contributed by atoms with Gasteiger partial charge in [-0.15, -0.1) is 11.6 Å². The highest BCUT2D eigenvalue weighted by Gasteiger charge is 2.16. The number of nitro benzene ring substituents is 1. The van der Waals surface area contributed by atoms with Crippen LogP contribution in [0.2, 0.25) is 0 Å². The number of nitrogens with zero attached hydrogens (tertiary/aromatic N) is 1. The highest BCUT2D eigenvalue weighted by molar-refractivity contribution is 14.1. The zero-order valence-corrected chi connectivity index (χ0v) is 12.6. The van der Waals surface area contributed by atoms with Crippen LogP contribution in [0, 0.1) is 13.7 Å². The van der Waals surface area contributed by atoms with Gasteiger partial charge >= 0.3 is 5.69 Å². The van der Waals surface area contributed by atoms with Crippen LogP contribution in [0.3, 0.4) is 0 Å². The van der Waals surface area contributed by atoms with Crippen LogP contribution >= 0.6 is 34.2 Å². The van der Waals surface area contributed by atoms with E-state index in [1.807, 2.05) is 12.1 Å². The lowest BCUT2D eigenvalue weighted by molar-refractivity contribution is -0.385. The summed E-state index contributed by atoms with van der Waals surface area (Å²) in [5.41, 5.74) is 0.597. The van der Waals surface area contributed by atoms with Crippen molar-refractivity contribution in [2.45, 2.75) is 5.88 Å². The van der Waals surface area contributed by atoms with Gasteiger partial charge in [-0.1, -0.05) is 6.07 Å². The molecule has 0 aromatic heterocycles. The summed E-state index contributed by atoms with van der Waals surface area (Å²) in [5.74, 6) is 0.993. The first-order chi connectivity index (χ1) is 9.10. The number of alkyl halides is 1. The molecule has 0 aliphatic heterocycles. The van der Waals surface area contributed by atoms with Gasteiger partial charge in [-0.3, -0.25) is 10.1 Å². The Kier molecular flexibility index (Phi) is 4.60. The molecule has 4 nitrogen and oxygen atoms in total. The fourth-order valence-electron chi connectivity index (χ4n) is 1.50. The van der Waals surface area contributed by atoms with Crippen molar-refractivity contribution in [2.75, 3.05) is 0 Å². The molecule has 2 aromatic carbocycles. The summed E-state index contributed by atoms with van der Waals surface area (Å²) < 4.78 is 6.60. The van der Waals surface area contributed by atoms with Crippen LogP contribution < -0.4 is 4.74 Å². The molecule has 0 spiro atoms. The molecule has 0 unspecified atom stereocenters. The minimum Gasteiger partial charge on any atom is -0.450 e. The first kappa shape index (κ1) is 14.1. The molecule has 2 aromatic rings. The SMILES string of the molecule is O=[N+]([O-])c1cc(CCl)ccc1Oc1ccc(I)cc1. The van der Waals surface area contributed by atoms with Crippen LogP contribution in [0.25, 0.3) is 0 Å². The maximum atomic E-state index is 11.0. The van der Waals surface area contributed by atoms with Gasteiger partial charge in [0, 0.05) is 15.5 Å². The topological polar surface area (TPSA) is 52.4 Å². The van der Waals surface area contributed by atoms with Gasteiger partial charge in [0.2, 0.25) is 5.75 Å². The van der Waals surface area contributed by atoms with E-state index in [9.17, 15) is 10.1 Å². The van der Waals surface area contributed by atoms with Crippen LogP contribution in [-0.2, 0) is 5.88 Å². The zero-order valence-electron chi connectivity index (χ0n) is 9.68. The molecule has 0 saturated heterocycles. The van der Waals surface area contributed by atoms with Crippen LogP contribution in [0.5, 0.6) is 11.5 Å². The molecule has 0 aliphatic carbocycles. The van der Waals surface area contributed by atoms with Gasteiger partial charge in [0.1, 0.15) is 5.75 Å². The summed E-state index contributed by atoms with van der Waals surface area (Å²) in [5, 5.41) is 11.0. The Balaban J connectivity index is 2.33. The average molecular weight is 390 g/mol. The number of rotatable bonds is 4. The van der Waals surface area contributed by atoms with Crippen LogP contribution in [0.1, 0.15) is 5.56 Å². The zero-order chi connectivity index (χ0) is 13.8. The van der Waals surface area contributed by atoms with Gasteiger partial charge in [0.15, 0.2) is 0 Å². The standard InChI is InChI=1S/C13H9ClINO3/c14-8-9-1-6-13(12(7-9)16(17)18)19-11-4-2-10(15)3-5-11/h1-7H,8H2. The second kappa shape index (κ2) is 6.21. The number of ether oxygens (including phenoxy) is 1. The third-order valence-electron chi connectivity index (χ3n) is 2.42. The summed E-state index contributed by atoms with van der Waals surface area (Å²) in [6.45, 7) is 0. The van der Waals surface area contributed by atoms with Crippen molar-refractivity contribution >= 4 is 39.9 Å². The third-order valence-corrected chi connectivity index (χ3v) is 3.44. The molecule has 0 N–H and O–H groups in total. The van der Waals surface area contributed by atoms with E-state index in [0.29, 0.717) is 11.3 Å². The van der Waals surface area contributed by atoms with Crippen molar-refractivity contribution in [1.82, 2.24) is 0 Å². The number of benzene rings is 2. The molecule has 0 radical (unpaired) electrons. The minimum absolute atomic E-state index is 0.0864. The molecule has 0 aliphatic rings. The molecule has 19 heavy (non-hydrogen) atoms. The Morgan fingerprint density at radius 1 is 1.21 bits per heavy atom. The summed E-state index contributed by atoms with van der Waals surface area (Å²) in [4.78, 5) is 10.5. The Morgan fingerprint density at radius 3 is 2.47 bits per heavy atom. The minimum atomic E-state index is -0.474. The summed E-state index contributed by atoms with van der Waals surface area (Å²) >= 11 is 7.84. The van der Waals surface area contributed by atoms with Crippen molar-refractivity contribution in [2.24, 2.45) is 0 Å². The molecule has 98 valence electrons. The van der Waals surface area contributed by atoms with E-state index in [4.69, 9.17) is 16.3 Å². The summed E-state index contributed by atoms with van der Waals surface area (Å²) in [7, 11) is 0. The summed E-state index contributed by atoms with van der Waals surface area (Å²) in [6, 6.07) is 12.0. The smallest absolute Gasteiger partial charge is 0.311 e. The Morgan fingerprint density at radius 2 is 1.89 bits per heavy atom. The van der Waals surface area contributed by atoms with E-state index in [2.05, 4.69) is 22.6 Å². The first-order valence-electron chi connectivity index (χ1n) is 5.37. The molecule has 0 heterocycles. The van der Waals surface area contributed by atoms with Gasteiger partial charge in [0.25, 0.3) is 0 Å². The second-order valence-electron chi connectivity index (χ2n) is 3.75. The highest BCUT2D eigenvalue weighted by atomic mass is 127. The van der Waals surface area contributed by atoms with E-state index >= 15 is 0 Å². The molecule has 0 fully saturated rings. The Labute approximate surface area is 128 Å². The molecule has 0 atom stereocenters. The molecule has 0 saturated carbocycles. The monoisotopic (exact) mass is 389 g/mol. The van der Waals surface area contributed by atoms with E-state index in [1.165, 1.54) is 6.07 Å².